The molecule has 6 rings (SSSR count). The Balaban J connectivity index is 1.18. The number of fused-ring (bicyclic) bond motifs is 1. The van der Waals surface area contributed by atoms with Crippen molar-refractivity contribution in [3.63, 3.8) is 0 Å². The second-order valence-electron chi connectivity index (χ2n) is 13.0. The largest absolute Gasteiger partial charge is 0.451 e. The highest BCUT2D eigenvalue weighted by Gasteiger charge is 2.32. The molecule has 11 nitrogen and oxygen atoms in total. The van der Waals surface area contributed by atoms with Crippen LogP contribution in [0.15, 0.2) is 82.0 Å². The number of sulfonamides is 1. The molecule has 262 valence electrons. The van der Waals surface area contributed by atoms with Crippen molar-refractivity contribution in [3.8, 4) is 0 Å². The summed E-state index contributed by atoms with van der Waals surface area (Å²) in [5.41, 5.74) is 2.86. The molecule has 0 spiro atoms. The molecule has 0 radical (unpaired) electrons. The number of carbonyl (C=O) groups excluding carboxylic acids is 3. The van der Waals surface area contributed by atoms with E-state index in [0.29, 0.717) is 31.1 Å². The number of hydrogen-bond donors (Lipinski definition) is 2. The van der Waals surface area contributed by atoms with Crippen molar-refractivity contribution in [2.24, 2.45) is 0 Å². The minimum Gasteiger partial charge on any atom is -0.451 e. The van der Waals surface area contributed by atoms with Crippen LogP contribution in [0.1, 0.15) is 65.3 Å². The minimum atomic E-state index is -3.57. The van der Waals surface area contributed by atoms with E-state index in [9.17, 15) is 27.6 Å². The van der Waals surface area contributed by atoms with Gasteiger partial charge < -0.3 is 19.5 Å². The standard InChI is InChI=1S/C37H39ClN4O7S/c1-50(47,48)40-28-13-14-33-30(21-28)32(43)22-34(49-33)36(45)39-31(20-24-9-11-27(38)12-10-24)37(46)41-18-15-25(16-19-41)29-7-3-2-6-26(29)23-42-17-5-4-8-35(42)44/h2-3,6-7,9-14,21-22,25,31,40H,4-5,8,15-20,23H2,1H3,(H,39,45)/t31-/m0/s1. The molecule has 2 aliphatic rings. The van der Waals surface area contributed by atoms with Gasteiger partial charge in [-0.05, 0) is 78.6 Å². The van der Waals surface area contributed by atoms with Gasteiger partial charge in [0.15, 0.2) is 11.2 Å². The maximum absolute atomic E-state index is 14.1. The fourth-order valence-corrected chi connectivity index (χ4v) is 7.45. The van der Waals surface area contributed by atoms with Crippen molar-refractivity contribution in [1.82, 2.24) is 15.1 Å². The van der Waals surface area contributed by atoms with Gasteiger partial charge >= 0.3 is 0 Å². The minimum absolute atomic E-state index is 0.0919. The molecule has 2 N–H and O–H groups in total. The highest BCUT2D eigenvalue weighted by molar-refractivity contribution is 7.92. The number of rotatable bonds is 10. The van der Waals surface area contributed by atoms with Crippen LogP contribution in [0.2, 0.25) is 5.02 Å². The second-order valence-corrected chi connectivity index (χ2v) is 15.2. The summed E-state index contributed by atoms with van der Waals surface area (Å²) < 4.78 is 31.4. The fraction of sp³-hybridized carbons (Fsp3) is 0.351. The first kappa shape index (κ1) is 35.2. The third-order valence-electron chi connectivity index (χ3n) is 9.29. The second kappa shape index (κ2) is 15.1. The Bertz CT molecular complexity index is 2080. The van der Waals surface area contributed by atoms with Crippen LogP contribution in [0.3, 0.4) is 0 Å². The molecule has 3 aromatic carbocycles. The van der Waals surface area contributed by atoms with Gasteiger partial charge in [-0.2, -0.15) is 0 Å². The molecule has 1 atom stereocenters. The third-order valence-corrected chi connectivity index (χ3v) is 10.2. The monoisotopic (exact) mass is 718 g/mol. The zero-order valence-electron chi connectivity index (χ0n) is 27.7. The van der Waals surface area contributed by atoms with Crippen molar-refractivity contribution in [2.45, 2.75) is 57.0 Å². The van der Waals surface area contributed by atoms with Crippen molar-refractivity contribution in [3.05, 3.63) is 110 Å². The number of amides is 3. The van der Waals surface area contributed by atoms with E-state index in [1.54, 1.807) is 29.2 Å². The molecule has 50 heavy (non-hydrogen) atoms. The van der Waals surface area contributed by atoms with Gasteiger partial charge in [-0.3, -0.25) is 23.9 Å². The molecule has 0 unspecified atom stereocenters. The van der Waals surface area contributed by atoms with E-state index in [0.717, 1.165) is 55.7 Å². The number of halogens is 1. The van der Waals surface area contributed by atoms with Crippen molar-refractivity contribution in [1.29, 1.82) is 0 Å². The van der Waals surface area contributed by atoms with Crippen molar-refractivity contribution >= 4 is 56.0 Å². The maximum atomic E-state index is 14.1. The first-order chi connectivity index (χ1) is 23.9. The SMILES string of the molecule is CS(=O)(=O)Nc1ccc2oc(C(=O)N[C@@H](Cc3ccc(Cl)cc3)C(=O)N3CCC(c4ccccc4CN4CCCCC4=O)CC3)cc(=O)c2c1. The van der Waals surface area contributed by atoms with Crippen LogP contribution in [0, 0.1) is 0 Å². The average molecular weight is 719 g/mol. The Hall–Kier alpha value is -4.68. The summed E-state index contributed by atoms with van der Waals surface area (Å²) in [5.74, 6) is -0.842. The average Bonchev–Trinajstić information content (AvgIpc) is 3.09. The normalized spacial score (nSPS) is 16.3. The quantitative estimate of drug-likeness (QED) is 0.233. The van der Waals surface area contributed by atoms with Crippen LogP contribution >= 0.6 is 11.6 Å². The number of anilines is 1. The Morgan fingerprint density at radius 3 is 2.42 bits per heavy atom. The van der Waals surface area contributed by atoms with E-state index in [1.165, 1.54) is 23.8 Å². The zero-order valence-corrected chi connectivity index (χ0v) is 29.3. The van der Waals surface area contributed by atoms with E-state index in [2.05, 4.69) is 22.2 Å². The summed E-state index contributed by atoms with van der Waals surface area (Å²) in [6.07, 6.45) is 5.19. The number of benzene rings is 3. The van der Waals surface area contributed by atoms with E-state index in [1.807, 2.05) is 17.0 Å². The molecule has 0 bridgehead atoms. The van der Waals surface area contributed by atoms with Crippen LogP contribution in [0.5, 0.6) is 0 Å². The first-order valence-electron chi connectivity index (χ1n) is 16.7. The molecule has 13 heteroatoms. The summed E-state index contributed by atoms with van der Waals surface area (Å²) in [6, 6.07) is 19.5. The molecule has 3 heterocycles. The molecule has 2 aliphatic heterocycles. The molecule has 2 fully saturated rings. The summed E-state index contributed by atoms with van der Waals surface area (Å²) in [5, 5.41) is 3.44. The fourth-order valence-electron chi connectivity index (χ4n) is 6.77. The third kappa shape index (κ3) is 8.54. The summed E-state index contributed by atoms with van der Waals surface area (Å²) in [6.45, 7) is 2.34. The lowest BCUT2D eigenvalue weighted by molar-refractivity contribution is -0.135. The van der Waals surface area contributed by atoms with Gasteiger partial charge in [-0.15, -0.1) is 0 Å². The van der Waals surface area contributed by atoms with Gasteiger partial charge in [0.25, 0.3) is 5.91 Å². The lowest BCUT2D eigenvalue weighted by atomic mass is 9.86. The number of nitrogens with zero attached hydrogens (tertiary/aromatic N) is 2. The van der Waals surface area contributed by atoms with E-state index in [4.69, 9.17) is 16.0 Å². The smallest absolute Gasteiger partial charge is 0.287 e. The molecular weight excluding hydrogens is 680 g/mol. The Morgan fingerprint density at radius 2 is 1.70 bits per heavy atom. The molecular formula is C37H39ClN4O7S. The van der Waals surface area contributed by atoms with Crippen LogP contribution in [0.25, 0.3) is 11.0 Å². The van der Waals surface area contributed by atoms with Gasteiger partial charge in [0, 0.05) is 55.8 Å². The van der Waals surface area contributed by atoms with Crippen molar-refractivity contribution < 1.29 is 27.2 Å². The van der Waals surface area contributed by atoms with Crippen LogP contribution in [0.4, 0.5) is 5.69 Å². The highest BCUT2D eigenvalue weighted by atomic mass is 35.5. The zero-order chi connectivity index (χ0) is 35.4. The number of carbonyl (C=O) groups is 3. The first-order valence-corrected chi connectivity index (χ1v) is 19.0. The van der Waals surface area contributed by atoms with Gasteiger partial charge in [0.05, 0.1) is 11.6 Å². The van der Waals surface area contributed by atoms with Gasteiger partial charge in [0.1, 0.15) is 11.6 Å². The van der Waals surface area contributed by atoms with Crippen molar-refractivity contribution in [2.75, 3.05) is 30.6 Å². The van der Waals surface area contributed by atoms with E-state index >= 15 is 0 Å². The summed E-state index contributed by atoms with van der Waals surface area (Å²) in [4.78, 5) is 56.8. The topological polar surface area (TPSA) is 146 Å². The summed E-state index contributed by atoms with van der Waals surface area (Å²) in [7, 11) is -3.57. The lowest BCUT2D eigenvalue weighted by Crippen LogP contribution is -2.51. The van der Waals surface area contributed by atoms with E-state index < -0.39 is 27.4 Å². The number of likely N-dealkylation sites (tertiary alicyclic amines) is 2. The highest BCUT2D eigenvalue weighted by Crippen LogP contribution is 2.32. The molecule has 1 aromatic heterocycles. The molecule has 0 saturated carbocycles. The van der Waals surface area contributed by atoms with Gasteiger partial charge in [-0.25, -0.2) is 8.42 Å². The van der Waals surface area contributed by atoms with Crippen LogP contribution in [-0.2, 0) is 32.6 Å². The van der Waals surface area contributed by atoms with Gasteiger partial charge in [0.2, 0.25) is 21.8 Å². The number of hydrogen-bond acceptors (Lipinski definition) is 7. The molecule has 2 saturated heterocycles. The van der Waals surface area contributed by atoms with Crippen LogP contribution < -0.4 is 15.5 Å². The molecule has 3 amide bonds. The van der Waals surface area contributed by atoms with Crippen LogP contribution in [-0.4, -0.2) is 67.9 Å². The number of piperidine rings is 2. The Morgan fingerprint density at radius 1 is 0.960 bits per heavy atom. The molecule has 4 aromatic rings. The Kier molecular flexibility index (Phi) is 10.6. The Labute approximate surface area is 295 Å². The maximum Gasteiger partial charge on any atom is 0.287 e. The van der Waals surface area contributed by atoms with E-state index in [-0.39, 0.29) is 46.6 Å². The predicted molar refractivity (Wildman–Crippen MR) is 192 cm³/mol. The predicted octanol–water partition coefficient (Wildman–Crippen LogP) is 5.08. The summed E-state index contributed by atoms with van der Waals surface area (Å²) >= 11 is 6.10. The number of nitrogens with one attached hydrogen (secondary N) is 2. The molecule has 0 aliphatic carbocycles. The lowest BCUT2D eigenvalue weighted by Gasteiger charge is -2.36. The van der Waals surface area contributed by atoms with Gasteiger partial charge in [-0.1, -0.05) is 48.0 Å².